The van der Waals surface area contributed by atoms with Gasteiger partial charge in [-0.15, -0.1) is 0 Å². The Labute approximate surface area is 188 Å². The van der Waals surface area contributed by atoms with Crippen LogP contribution in [0.2, 0.25) is 5.15 Å². The van der Waals surface area contributed by atoms with Gasteiger partial charge in [-0.05, 0) is 44.0 Å². The van der Waals surface area contributed by atoms with Crippen molar-refractivity contribution in [1.29, 1.82) is 0 Å². The van der Waals surface area contributed by atoms with Crippen LogP contribution in [0.3, 0.4) is 0 Å². The summed E-state index contributed by atoms with van der Waals surface area (Å²) in [5.41, 5.74) is 1.97. The first-order valence-electron chi connectivity index (χ1n) is 10.2. The second-order valence-corrected chi connectivity index (χ2v) is 8.45. The standard InChI is InChI=1S/C22H23ClFN5O3/c1-11-8-14(12(2)25-16-4-5-17(23)26-19(16)21(31)32)18-15(9-11)20(30)28(3)22(27-18)29-7-6-13(24)10-29/h4-5,8-9,12-13,25H,6-7,10H2,1-3H3,(H,31,32)/t12-,13-/m1/s1. The van der Waals surface area contributed by atoms with E-state index in [2.05, 4.69) is 10.3 Å². The van der Waals surface area contributed by atoms with Crippen molar-refractivity contribution in [3.63, 3.8) is 0 Å². The first-order chi connectivity index (χ1) is 15.2. The highest BCUT2D eigenvalue weighted by Gasteiger charge is 2.26. The highest BCUT2D eigenvalue weighted by atomic mass is 35.5. The molecule has 0 unspecified atom stereocenters. The van der Waals surface area contributed by atoms with E-state index in [-0.39, 0.29) is 23.0 Å². The molecule has 32 heavy (non-hydrogen) atoms. The molecule has 2 aromatic heterocycles. The summed E-state index contributed by atoms with van der Waals surface area (Å²) < 4.78 is 15.3. The predicted octanol–water partition coefficient (Wildman–Crippen LogP) is 3.71. The van der Waals surface area contributed by atoms with E-state index < -0.39 is 18.2 Å². The van der Waals surface area contributed by atoms with Crippen LogP contribution in [0.5, 0.6) is 0 Å². The fourth-order valence-electron chi connectivity index (χ4n) is 4.08. The number of fused-ring (bicyclic) bond motifs is 1. The zero-order chi connectivity index (χ0) is 23.2. The van der Waals surface area contributed by atoms with E-state index in [1.165, 1.54) is 10.6 Å². The summed E-state index contributed by atoms with van der Waals surface area (Å²) in [6.45, 7) is 4.41. The van der Waals surface area contributed by atoms with Crippen molar-refractivity contribution in [3.8, 4) is 0 Å². The van der Waals surface area contributed by atoms with Crippen LogP contribution in [0.25, 0.3) is 10.9 Å². The minimum atomic E-state index is -1.21. The van der Waals surface area contributed by atoms with Gasteiger partial charge in [0.25, 0.3) is 5.56 Å². The van der Waals surface area contributed by atoms with Crippen LogP contribution >= 0.6 is 11.6 Å². The first kappa shape index (κ1) is 22.0. The van der Waals surface area contributed by atoms with Crippen molar-refractivity contribution in [1.82, 2.24) is 14.5 Å². The number of aromatic nitrogens is 3. The molecule has 0 saturated carbocycles. The van der Waals surface area contributed by atoms with E-state index in [4.69, 9.17) is 16.6 Å². The van der Waals surface area contributed by atoms with Gasteiger partial charge in [0.05, 0.1) is 29.2 Å². The molecule has 0 aliphatic carbocycles. The average molecular weight is 460 g/mol. The largest absolute Gasteiger partial charge is 0.476 e. The van der Waals surface area contributed by atoms with Crippen LogP contribution < -0.4 is 15.8 Å². The van der Waals surface area contributed by atoms with E-state index >= 15 is 0 Å². The summed E-state index contributed by atoms with van der Waals surface area (Å²) in [5, 5.41) is 13.2. The lowest BCUT2D eigenvalue weighted by Gasteiger charge is -2.23. The van der Waals surface area contributed by atoms with E-state index in [0.29, 0.717) is 35.5 Å². The molecule has 8 nitrogen and oxygen atoms in total. The maximum atomic E-state index is 13.8. The fourth-order valence-corrected chi connectivity index (χ4v) is 4.23. The van der Waals surface area contributed by atoms with Gasteiger partial charge in [0.1, 0.15) is 11.3 Å². The van der Waals surface area contributed by atoms with Crippen molar-refractivity contribution < 1.29 is 14.3 Å². The molecule has 3 aromatic rings. The number of nitrogens with zero attached hydrogens (tertiary/aromatic N) is 4. The van der Waals surface area contributed by atoms with Crippen molar-refractivity contribution in [2.24, 2.45) is 7.05 Å². The number of carboxylic acid groups (broad SMARTS) is 1. The molecule has 1 fully saturated rings. The molecular formula is C22H23ClFN5O3. The molecule has 0 radical (unpaired) electrons. The molecule has 4 rings (SSSR count). The SMILES string of the molecule is Cc1cc([C@@H](C)Nc2ccc(Cl)nc2C(=O)O)c2nc(N3CC[C@@H](F)C3)n(C)c(=O)c2c1. The molecule has 0 amide bonds. The summed E-state index contributed by atoms with van der Waals surface area (Å²) in [6, 6.07) is 6.33. The Kier molecular flexibility index (Phi) is 5.77. The molecule has 10 heteroatoms. The van der Waals surface area contributed by atoms with Gasteiger partial charge in [-0.25, -0.2) is 19.2 Å². The number of halogens is 2. The number of carbonyl (C=O) groups is 1. The quantitative estimate of drug-likeness (QED) is 0.561. The van der Waals surface area contributed by atoms with E-state index in [1.54, 1.807) is 24.1 Å². The number of alkyl halides is 1. The molecule has 2 N–H and O–H groups in total. The van der Waals surface area contributed by atoms with Crippen LogP contribution in [0.4, 0.5) is 16.0 Å². The summed E-state index contributed by atoms with van der Waals surface area (Å²) in [5.74, 6) is -0.792. The topological polar surface area (TPSA) is 100 Å². The third-order valence-electron chi connectivity index (χ3n) is 5.65. The Morgan fingerprint density at radius 2 is 2.09 bits per heavy atom. The number of carboxylic acids is 1. The zero-order valence-corrected chi connectivity index (χ0v) is 18.6. The number of anilines is 2. The van der Waals surface area contributed by atoms with E-state index in [1.807, 2.05) is 19.9 Å². The maximum Gasteiger partial charge on any atom is 0.356 e. The average Bonchev–Trinajstić information content (AvgIpc) is 3.17. The number of nitrogens with one attached hydrogen (secondary N) is 1. The minimum Gasteiger partial charge on any atom is -0.476 e. The lowest BCUT2D eigenvalue weighted by Crippen LogP contribution is -2.30. The van der Waals surface area contributed by atoms with Crippen molar-refractivity contribution in [3.05, 3.63) is 56.6 Å². The number of aryl methyl sites for hydroxylation is 1. The second-order valence-electron chi connectivity index (χ2n) is 8.06. The molecule has 1 aliphatic rings. The molecule has 168 valence electrons. The van der Waals surface area contributed by atoms with Crippen LogP contribution in [0, 0.1) is 6.92 Å². The Morgan fingerprint density at radius 3 is 2.75 bits per heavy atom. The van der Waals surface area contributed by atoms with Gasteiger partial charge in [0.15, 0.2) is 5.69 Å². The molecule has 1 aromatic carbocycles. The van der Waals surface area contributed by atoms with Gasteiger partial charge in [-0.1, -0.05) is 17.7 Å². The number of aromatic carboxylic acids is 1. The monoisotopic (exact) mass is 459 g/mol. The number of hydrogen-bond donors (Lipinski definition) is 2. The molecule has 1 saturated heterocycles. The third-order valence-corrected chi connectivity index (χ3v) is 5.86. The van der Waals surface area contributed by atoms with Gasteiger partial charge >= 0.3 is 5.97 Å². The highest BCUT2D eigenvalue weighted by Crippen LogP contribution is 2.29. The van der Waals surface area contributed by atoms with Crippen molar-refractivity contribution in [2.75, 3.05) is 23.3 Å². The lowest BCUT2D eigenvalue weighted by molar-refractivity contribution is 0.0691. The number of hydrogen-bond acceptors (Lipinski definition) is 6. The molecule has 2 atom stereocenters. The van der Waals surface area contributed by atoms with Crippen LogP contribution in [-0.4, -0.2) is 44.9 Å². The number of pyridine rings is 1. The Hall–Kier alpha value is -3.20. The zero-order valence-electron chi connectivity index (χ0n) is 17.9. The maximum absolute atomic E-state index is 13.8. The van der Waals surface area contributed by atoms with Gasteiger partial charge in [0, 0.05) is 19.2 Å². The normalized spacial score (nSPS) is 17.0. The fraction of sp³-hybridized carbons (Fsp3) is 0.364. The Bertz CT molecular complexity index is 1280. The van der Waals surface area contributed by atoms with Gasteiger partial charge in [0.2, 0.25) is 5.95 Å². The van der Waals surface area contributed by atoms with Gasteiger partial charge in [-0.2, -0.15) is 0 Å². The third kappa shape index (κ3) is 4.00. The summed E-state index contributed by atoms with van der Waals surface area (Å²) in [7, 11) is 1.64. The van der Waals surface area contributed by atoms with Crippen LogP contribution in [-0.2, 0) is 7.05 Å². The molecule has 0 spiro atoms. The van der Waals surface area contributed by atoms with Gasteiger partial charge < -0.3 is 15.3 Å². The van der Waals surface area contributed by atoms with E-state index in [0.717, 1.165) is 11.1 Å². The Morgan fingerprint density at radius 1 is 1.34 bits per heavy atom. The van der Waals surface area contributed by atoms with Crippen LogP contribution in [0.1, 0.15) is 41.0 Å². The lowest BCUT2D eigenvalue weighted by atomic mass is 10.0. The summed E-state index contributed by atoms with van der Waals surface area (Å²) in [4.78, 5) is 35.2. The summed E-state index contributed by atoms with van der Waals surface area (Å²) in [6.07, 6.45) is -0.554. The second kappa shape index (κ2) is 8.38. The minimum absolute atomic E-state index is 0.0770. The number of rotatable bonds is 5. The van der Waals surface area contributed by atoms with Crippen molar-refractivity contribution in [2.45, 2.75) is 32.5 Å². The van der Waals surface area contributed by atoms with E-state index in [9.17, 15) is 19.1 Å². The number of benzene rings is 1. The summed E-state index contributed by atoms with van der Waals surface area (Å²) >= 11 is 5.85. The molecular weight excluding hydrogens is 437 g/mol. The molecule has 3 heterocycles. The first-order valence-corrected chi connectivity index (χ1v) is 10.6. The van der Waals surface area contributed by atoms with Crippen molar-refractivity contribution >= 4 is 40.1 Å². The predicted molar refractivity (Wildman–Crippen MR) is 122 cm³/mol. The van der Waals surface area contributed by atoms with Crippen LogP contribution in [0.15, 0.2) is 29.1 Å². The van der Waals surface area contributed by atoms with Gasteiger partial charge in [-0.3, -0.25) is 9.36 Å². The smallest absolute Gasteiger partial charge is 0.356 e. The highest BCUT2D eigenvalue weighted by molar-refractivity contribution is 6.29. The molecule has 1 aliphatic heterocycles. The molecule has 0 bridgehead atoms. The Balaban J connectivity index is 1.83.